The second-order valence-corrected chi connectivity index (χ2v) is 6.21. The first kappa shape index (κ1) is 15.3. The molecule has 0 aromatic carbocycles. The summed E-state index contributed by atoms with van der Waals surface area (Å²) in [7, 11) is 0. The molecule has 3 nitrogen and oxygen atoms in total. The van der Waals surface area contributed by atoms with Crippen LogP contribution in [-0.2, 0) is 17.9 Å². The van der Waals surface area contributed by atoms with Crippen LogP contribution in [0.1, 0.15) is 52.4 Å². The molecule has 18 heavy (non-hydrogen) atoms. The highest BCUT2D eigenvalue weighted by atomic mass is 16.5. The van der Waals surface area contributed by atoms with Crippen LogP contribution in [0.3, 0.4) is 0 Å². The average molecular weight is 253 g/mol. The minimum absolute atomic E-state index is 0.118. The van der Waals surface area contributed by atoms with E-state index in [1.807, 2.05) is 6.07 Å². The van der Waals surface area contributed by atoms with Gasteiger partial charge in [0.15, 0.2) is 0 Å². The molecule has 1 heterocycles. The lowest BCUT2D eigenvalue weighted by Crippen LogP contribution is -2.35. The number of hydrogen-bond donors (Lipinski definition) is 1. The molecular formula is C15H27NO2. The van der Waals surface area contributed by atoms with Crippen LogP contribution in [0.5, 0.6) is 0 Å². The van der Waals surface area contributed by atoms with Crippen LogP contribution in [0.4, 0.5) is 0 Å². The minimum Gasteiger partial charge on any atom is -0.467 e. The maximum absolute atomic E-state index is 5.64. The molecule has 0 radical (unpaired) electrons. The molecule has 1 rings (SSSR count). The third kappa shape index (κ3) is 6.22. The molecule has 0 unspecified atom stereocenters. The van der Waals surface area contributed by atoms with Gasteiger partial charge in [0.05, 0.1) is 6.26 Å². The van der Waals surface area contributed by atoms with E-state index in [-0.39, 0.29) is 5.54 Å². The Balaban J connectivity index is 2.35. The predicted octanol–water partition coefficient (Wildman–Crippen LogP) is 3.73. The number of rotatable bonds is 7. The molecule has 1 aromatic heterocycles. The van der Waals surface area contributed by atoms with E-state index in [0.717, 1.165) is 25.3 Å². The third-order valence-electron chi connectivity index (χ3n) is 2.72. The van der Waals surface area contributed by atoms with Crippen LogP contribution in [0.25, 0.3) is 0 Å². The number of hydrogen-bond acceptors (Lipinski definition) is 3. The zero-order valence-electron chi connectivity index (χ0n) is 12.4. The predicted molar refractivity (Wildman–Crippen MR) is 74.4 cm³/mol. The Morgan fingerprint density at radius 2 is 2.06 bits per heavy atom. The topological polar surface area (TPSA) is 34.4 Å². The number of furan rings is 1. The number of nitrogens with one attached hydrogen (secondary N) is 1. The summed E-state index contributed by atoms with van der Waals surface area (Å²) in [5, 5.41) is 3.46. The van der Waals surface area contributed by atoms with Gasteiger partial charge in [-0.25, -0.2) is 0 Å². The fourth-order valence-electron chi connectivity index (χ4n) is 1.50. The molecule has 1 aromatic rings. The standard InChI is InChI=1S/C15H27NO2/c1-12(2)6-8-17-11-14-13(7-9-18-14)10-16-15(3,4)5/h7,9,12,16H,6,8,10-11H2,1-5H3. The molecule has 0 aliphatic heterocycles. The molecule has 104 valence electrons. The Morgan fingerprint density at radius 1 is 1.33 bits per heavy atom. The van der Waals surface area contributed by atoms with Crippen molar-refractivity contribution in [2.45, 2.75) is 59.7 Å². The second kappa shape index (κ2) is 6.95. The van der Waals surface area contributed by atoms with Crippen LogP contribution < -0.4 is 5.32 Å². The van der Waals surface area contributed by atoms with Crippen molar-refractivity contribution < 1.29 is 9.15 Å². The summed E-state index contributed by atoms with van der Waals surface area (Å²) in [4.78, 5) is 0. The van der Waals surface area contributed by atoms with E-state index >= 15 is 0 Å². The summed E-state index contributed by atoms with van der Waals surface area (Å²) in [6.07, 6.45) is 2.83. The van der Waals surface area contributed by atoms with Crippen molar-refractivity contribution in [2.75, 3.05) is 6.61 Å². The van der Waals surface area contributed by atoms with Crippen molar-refractivity contribution in [1.29, 1.82) is 0 Å². The zero-order valence-corrected chi connectivity index (χ0v) is 12.4. The van der Waals surface area contributed by atoms with Gasteiger partial charge < -0.3 is 14.5 Å². The molecule has 0 spiro atoms. The van der Waals surface area contributed by atoms with Gasteiger partial charge in [0, 0.05) is 24.3 Å². The number of ether oxygens (including phenoxy) is 1. The first-order valence-electron chi connectivity index (χ1n) is 6.76. The van der Waals surface area contributed by atoms with Crippen molar-refractivity contribution in [2.24, 2.45) is 5.92 Å². The Morgan fingerprint density at radius 3 is 2.67 bits per heavy atom. The van der Waals surface area contributed by atoms with E-state index < -0.39 is 0 Å². The van der Waals surface area contributed by atoms with Gasteiger partial charge in [0.25, 0.3) is 0 Å². The Labute approximate surface area is 111 Å². The summed E-state index contributed by atoms with van der Waals surface area (Å²) in [5.74, 6) is 1.62. The molecule has 0 saturated heterocycles. The van der Waals surface area contributed by atoms with Crippen LogP contribution in [-0.4, -0.2) is 12.1 Å². The van der Waals surface area contributed by atoms with Gasteiger partial charge in [-0.3, -0.25) is 0 Å². The Bertz CT molecular complexity index is 337. The fourth-order valence-corrected chi connectivity index (χ4v) is 1.50. The van der Waals surface area contributed by atoms with Gasteiger partial charge in [0.2, 0.25) is 0 Å². The molecule has 0 aliphatic carbocycles. The van der Waals surface area contributed by atoms with E-state index in [1.165, 1.54) is 5.56 Å². The summed E-state index contributed by atoms with van der Waals surface area (Å²) >= 11 is 0. The van der Waals surface area contributed by atoms with Crippen molar-refractivity contribution in [1.82, 2.24) is 5.32 Å². The van der Waals surface area contributed by atoms with Gasteiger partial charge in [0.1, 0.15) is 12.4 Å². The van der Waals surface area contributed by atoms with Crippen LogP contribution in [0, 0.1) is 5.92 Å². The van der Waals surface area contributed by atoms with Gasteiger partial charge in [-0.2, -0.15) is 0 Å². The highest BCUT2D eigenvalue weighted by molar-refractivity contribution is 5.16. The van der Waals surface area contributed by atoms with Crippen molar-refractivity contribution >= 4 is 0 Å². The smallest absolute Gasteiger partial charge is 0.133 e. The zero-order chi connectivity index (χ0) is 13.6. The van der Waals surface area contributed by atoms with E-state index in [9.17, 15) is 0 Å². The fraction of sp³-hybridized carbons (Fsp3) is 0.733. The van der Waals surface area contributed by atoms with Crippen LogP contribution in [0.2, 0.25) is 0 Å². The Hall–Kier alpha value is -0.800. The SMILES string of the molecule is CC(C)CCOCc1occc1CNC(C)(C)C. The molecular weight excluding hydrogens is 226 g/mol. The maximum atomic E-state index is 5.64. The first-order valence-corrected chi connectivity index (χ1v) is 6.76. The van der Waals surface area contributed by atoms with Crippen molar-refractivity contribution in [3.05, 3.63) is 23.7 Å². The van der Waals surface area contributed by atoms with Gasteiger partial charge in [-0.05, 0) is 39.2 Å². The van der Waals surface area contributed by atoms with Crippen LogP contribution >= 0.6 is 0 Å². The molecule has 1 N–H and O–H groups in total. The summed E-state index contributed by atoms with van der Waals surface area (Å²) < 4.78 is 11.1. The van der Waals surface area contributed by atoms with E-state index in [2.05, 4.69) is 39.9 Å². The van der Waals surface area contributed by atoms with Gasteiger partial charge >= 0.3 is 0 Å². The lowest BCUT2D eigenvalue weighted by molar-refractivity contribution is 0.0961. The molecule has 3 heteroatoms. The maximum Gasteiger partial charge on any atom is 0.133 e. The molecule has 0 amide bonds. The largest absolute Gasteiger partial charge is 0.467 e. The lowest BCUT2D eigenvalue weighted by Gasteiger charge is -2.20. The van der Waals surface area contributed by atoms with E-state index in [0.29, 0.717) is 12.5 Å². The molecule has 0 aliphatic rings. The highest BCUT2D eigenvalue weighted by Crippen LogP contribution is 2.14. The van der Waals surface area contributed by atoms with Crippen LogP contribution in [0.15, 0.2) is 16.7 Å². The molecule has 0 bridgehead atoms. The summed E-state index contributed by atoms with van der Waals surface area (Å²) in [6, 6.07) is 2.01. The first-order chi connectivity index (χ1) is 8.38. The highest BCUT2D eigenvalue weighted by Gasteiger charge is 2.12. The average Bonchev–Trinajstić information content (AvgIpc) is 2.68. The second-order valence-electron chi connectivity index (χ2n) is 6.21. The van der Waals surface area contributed by atoms with E-state index in [1.54, 1.807) is 6.26 Å². The third-order valence-corrected chi connectivity index (χ3v) is 2.72. The van der Waals surface area contributed by atoms with Crippen molar-refractivity contribution in [3.8, 4) is 0 Å². The minimum atomic E-state index is 0.118. The van der Waals surface area contributed by atoms with Gasteiger partial charge in [-0.1, -0.05) is 13.8 Å². The normalized spacial score (nSPS) is 12.3. The summed E-state index contributed by atoms with van der Waals surface area (Å²) in [6.45, 7) is 13.1. The van der Waals surface area contributed by atoms with Crippen molar-refractivity contribution in [3.63, 3.8) is 0 Å². The monoisotopic (exact) mass is 253 g/mol. The molecule has 0 fully saturated rings. The molecule has 0 saturated carbocycles. The summed E-state index contributed by atoms with van der Waals surface area (Å²) in [5.41, 5.74) is 1.31. The molecule has 0 atom stereocenters. The quantitative estimate of drug-likeness (QED) is 0.752. The van der Waals surface area contributed by atoms with E-state index in [4.69, 9.17) is 9.15 Å². The van der Waals surface area contributed by atoms with Gasteiger partial charge in [-0.15, -0.1) is 0 Å². The lowest BCUT2D eigenvalue weighted by atomic mass is 10.1. The Kier molecular flexibility index (Phi) is 5.89.